The first-order valence-electron chi connectivity index (χ1n) is 7.65. The fraction of sp³-hybridized carbons (Fsp3) is 0.235. The van der Waals surface area contributed by atoms with E-state index in [1.165, 1.54) is 0 Å². The summed E-state index contributed by atoms with van der Waals surface area (Å²) < 4.78 is 19.5. The number of nitrogens with one attached hydrogen (secondary N) is 1. The first-order valence-corrected chi connectivity index (χ1v) is 8.38. The molecule has 0 aliphatic heterocycles. The first kappa shape index (κ1) is 16.2. The summed E-state index contributed by atoms with van der Waals surface area (Å²) in [5, 5.41) is 2.88. The van der Waals surface area contributed by atoms with E-state index < -0.39 is 0 Å². The van der Waals surface area contributed by atoms with Gasteiger partial charge in [0.05, 0.1) is 30.6 Å². The van der Waals surface area contributed by atoms with E-state index in [4.69, 9.17) is 9.47 Å². The van der Waals surface area contributed by atoms with Gasteiger partial charge in [-0.2, -0.15) is 8.75 Å². The van der Waals surface area contributed by atoms with Crippen molar-refractivity contribution in [1.82, 2.24) is 8.75 Å². The molecule has 0 bridgehead atoms. The molecule has 0 unspecified atom stereocenters. The lowest BCUT2D eigenvalue weighted by molar-refractivity contribution is 0.102. The number of rotatable bonds is 6. The van der Waals surface area contributed by atoms with Crippen LogP contribution in [0.25, 0.3) is 11.0 Å². The molecule has 1 aromatic heterocycles. The molecule has 1 heterocycles. The Morgan fingerprint density at radius 3 is 2.67 bits per heavy atom. The molecule has 0 atom stereocenters. The molecular weight excluding hydrogens is 326 g/mol. The van der Waals surface area contributed by atoms with Crippen LogP contribution in [0.1, 0.15) is 24.2 Å². The Kier molecular flexibility index (Phi) is 4.90. The molecule has 3 rings (SSSR count). The molecule has 0 saturated carbocycles. The number of benzene rings is 2. The maximum absolute atomic E-state index is 12.6. The third kappa shape index (κ3) is 3.30. The van der Waals surface area contributed by atoms with Crippen molar-refractivity contribution in [2.45, 2.75) is 13.8 Å². The van der Waals surface area contributed by atoms with Gasteiger partial charge < -0.3 is 14.8 Å². The highest BCUT2D eigenvalue weighted by Gasteiger charge is 2.14. The van der Waals surface area contributed by atoms with E-state index in [1.54, 1.807) is 24.3 Å². The monoisotopic (exact) mass is 343 g/mol. The van der Waals surface area contributed by atoms with Crippen LogP contribution >= 0.6 is 11.7 Å². The smallest absolute Gasteiger partial charge is 0.255 e. The zero-order chi connectivity index (χ0) is 16.9. The molecular formula is C17H17N3O3S. The topological polar surface area (TPSA) is 73.3 Å². The SMILES string of the molecule is CCOc1ccc(C(=O)Nc2cccc3nsnc23)cc1OCC. The molecule has 0 fully saturated rings. The minimum Gasteiger partial charge on any atom is -0.490 e. The fourth-order valence-corrected chi connectivity index (χ4v) is 2.84. The van der Waals surface area contributed by atoms with Crippen LogP contribution in [0.3, 0.4) is 0 Å². The van der Waals surface area contributed by atoms with Gasteiger partial charge in [-0.3, -0.25) is 4.79 Å². The van der Waals surface area contributed by atoms with E-state index in [9.17, 15) is 4.79 Å². The Morgan fingerprint density at radius 1 is 1.08 bits per heavy atom. The molecule has 7 heteroatoms. The maximum atomic E-state index is 12.6. The Balaban J connectivity index is 1.87. The van der Waals surface area contributed by atoms with Gasteiger partial charge in [-0.1, -0.05) is 6.07 Å². The lowest BCUT2D eigenvalue weighted by atomic mass is 10.1. The summed E-state index contributed by atoms with van der Waals surface area (Å²) in [5.41, 5.74) is 2.58. The zero-order valence-corrected chi connectivity index (χ0v) is 14.2. The number of ether oxygens (including phenoxy) is 2. The second kappa shape index (κ2) is 7.27. The minimum absolute atomic E-state index is 0.237. The van der Waals surface area contributed by atoms with Crippen molar-refractivity contribution in [3.05, 3.63) is 42.0 Å². The third-order valence-corrected chi connectivity index (χ3v) is 3.88. The molecule has 0 radical (unpaired) electrons. The van der Waals surface area contributed by atoms with Crippen LogP contribution in [-0.4, -0.2) is 27.9 Å². The number of amides is 1. The summed E-state index contributed by atoms with van der Waals surface area (Å²) in [6, 6.07) is 10.6. The molecule has 2 aromatic carbocycles. The number of aromatic nitrogens is 2. The van der Waals surface area contributed by atoms with E-state index in [1.807, 2.05) is 26.0 Å². The summed E-state index contributed by atoms with van der Waals surface area (Å²) >= 11 is 1.12. The van der Waals surface area contributed by atoms with Gasteiger partial charge in [0.1, 0.15) is 11.0 Å². The number of fused-ring (bicyclic) bond motifs is 1. The van der Waals surface area contributed by atoms with Gasteiger partial charge in [0.2, 0.25) is 0 Å². The van der Waals surface area contributed by atoms with Crippen LogP contribution in [0, 0.1) is 0 Å². The number of hydrogen-bond acceptors (Lipinski definition) is 6. The van der Waals surface area contributed by atoms with Crippen molar-refractivity contribution >= 4 is 34.4 Å². The average Bonchev–Trinajstić information content (AvgIpc) is 3.06. The molecule has 0 spiro atoms. The summed E-state index contributed by atoms with van der Waals surface area (Å²) in [6.45, 7) is 4.82. The van der Waals surface area contributed by atoms with Crippen LogP contribution < -0.4 is 14.8 Å². The van der Waals surface area contributed by atoms with Crippen molar-refractivity contribution in [2.24, 2.45) is 0 Å². The summed E-state index contributed by atoms with van der Waals surface area (Å²) in [7, 11) is 0. The van der Waals surface area contributed by atoms with E-state index in [2.05, 4.69) is 14.1 Å². The Hall–Kier alpha value is -2.67. The van der Waals surface area contributed by atoms with Crippen LogP contribution in [0.5, 0.6) is 11.5 Å². The lowest BCUT2D eigenvalue weighted by Gasteiger charge is -2.12. The number of carbonyl (C=O) groups excluding carboxylic acids is 1. The zero-order valence-electron chi connectivity index (χ0n) is 13.4. The van der Waals surface area contributed by atoms with Gasteiger partial charge in [-0.25, -0.2) is 0 Å². The normalized spacial score (nSPS) is 10.6. The minimum atomic E-state index is -0.237. The number of anilines is 1. The van der Waals surface area contributed by atoms with Crippen molar-refractivity contribution in [3.63, 3.8) is 0 Å². The van der Waals surface area contributed by atoms with Gasteiger partial charge in [0.15, 0.2) is 11.5 Å². The van der Waals surface area contributed by atoms with Crippen molar-refractivity contribution in [3.8, 4) is 11.5 Å². The van der Waals surface area contributed by atoms with Crippen molar-refractivity contribution < 1.29 is 14.3 Å². The molecule has 6 nitrogen and oxygen atoms in total. The Morgan fingerprint density at radius 2 is 1.88 bits per heavy atom. The molecule has 0 saturated heterocycles. The maximum Gasteiger partial charge on any atom is 0.255 e. The predicted octanol–water partition coefficient (Wildman–Crippen LogP) is 3.74. The summed E-state index contributed by atoms with van der Waals surface area (Å²) in [5.74, 6) is 0.946. The van der Waals surface area contributed by atoms with Gasteiger partial charge in [-0.05, 0) is 44.2 Å². The fourth-order valence-electron chi connectivity index (χ4n) is 2.29. The van der Waals surface area contributed by atoms with E-state index in [0.29, 0.717) is 41.5 Å². The lowest BCUT2D eigenvalue weighted by Crippen LogP contribution is -2.12. The first-order chi connectivity index (χ1) is 11.7. The number of carbonyl (C=O) groups is 1. The van der Waals surface area contributed by atoms with Gasteiger partial charge in [-0.15, -0.1) is 0 Å². The largest absolute Gasteiger partial charge is 0.490 e. The van der Waals surface area contributed by atoms with Crippen LogP contribution in [0.15, 0.2) is 36.4 Å². The highest BCUT2D eigenvalue weighted by molar-refractivity contribution is 7.00. The van der Waals surface area contributed by atoms with Crippen LogP contribution in [0.2, 0.25) is 0 Å². The highest BCUT2D eigenvalue weighted by atomic mass is 32.1. The standard InChI is InChI=1S/C17H17N3O3S/c1-3-22-14-9-8-11(10-15(14)23-4-2)17(21)18-12-6-5-7-13-16(12)20-24-19-13/h5-10H,3-4H2,1-2H3,(H,18,21). The second-order valence-corrected chi connectivity index (χ2v) is 5.45. The van der Waals surface area contributed by atoms with E-state index >= 15 is 0 Å². The Bertz CT molecular complexity index is 863. The molecule has 124 valence electrons. The van der Waals surface area contributed by atoms with Gasteiger partial charge in [0, 0.05) is 5.56 Å². The Labute approximate surface area is 143 Å². The predicted molar refractivity (Wildman–Crippen MR) is 94.1 cm³/mol. The quantitative estimate of drug-likeness (QED) is 0.738. The number of hydrogen-bond donors (Lipinski definition) is 1. The van der Waals surface area contributed by atoms with Gasteiger partial charge >= 0.3 is 0 Å². The summed E-state index contributed by atoms with van der Waals surface area (Å²) in [4.78, 5) is 12.6. The second-order valence-electron chi connectivity index (χ2n) is 4.92. The average molecular weight is 343 g/mol. The number of nitrogens with zero attached hydrogens (tertiary/aromatic N) is 2. The van der Waals surface area contributed by atoms with Crippen LogP contribution in [-0.2, 0) is 0 Å². The van der Waals surface area contributed by atoms with Crippen molar-refractivity contribution in [1.29, 1.82) is 0 Å². The van der Waals surface area contributed by atoms with E-state index in [0.717, 1.165) is 17.2 Å². The molecule has 0 aliphatic rings. The summed E-state index contributed by atoms with van der Waals surface area (Å²) in [6.07, 6.45) is 0. The highest BCUT2D eigenvalue weighted by Crippen LogP contribution is 2.29. The molecule has 1 N–H and O–H groups in total. The molecule has 1 amide bonds. The molecule has 3 aromatic rings. The molecule has 0 aliphatic carbocycles. The van der Waals surface area contributed by atoms with Gasteiger partial charge in [0.25, 0.3) is 5.91 Å². The third-order valence-electron chi connectivity index (χ3n) is 3.34. The van der Waals surface area contributed by atoms with Crippen molar-refractivity contribution in [2.75, 3.05) is 18.5 Å². The molecule has 24 heavy (non-hydrogen) atoms. The van der Waals surface area contributed by atoms with E-state index in [-0.39, 0.29) is 5.91 Å². The van der Waals surface area contributed by atoms with Crippen LogP contribution in [0.4, 0.5) is 5.69 Å².